The number of carbonyl (C=O) groups is 1. The Bertz CT molecular complexity index is 557. The van der Waals surface area contributed by atoms with E-state index in [0.717, 1.165) is 5.56 Å². The molecule has 0 fully saturated rings. The summed E-state index contributed by atoms with van der Waals surface area (Å²) in [5.41, 5.74) is 1.12. The summed E-state index contributed by atoms with van der Waals surface area (Å²) >= 11 is 0. The first-order valence-corrected chi connectivity index (χ1v) is 9.60. The lowest BCUT2D eigenvalue weighted by atomic mass is 10.1. The van der Waals surface area contributed by atoms with Gasteiger partial charge < -0.3 is 4.90 Å². The number of carbonyl (C=O) groups excluding carboxylic acids is 1. The number of sulfone groups is 1. The van der Waals surface area contributed by atoms with Crippen molar-refractivity contribution in [3.8, 4) is 0 Å². The topological polar surface area (TPSA) is 54.5 Å². The molecule has 4 nitrogen and oxygen atoms in total. The molecule has 124 valence electrons. The van der Waals surface area contributed by atoms with Crippen LogP contribution in [0.4, 0.5) is 0 Å². The summed E-state index contributed by atoms with van der Waals surface area (Å²) in [7, 11) is -3.35. The number of hydrogen-bond acceptors (Lipinski definition) is 3. The van der Waals surface area contributed by atoms with Gasteiger partial charge in [0.15, 0.2) is 9.84 Å². The molecule has 0 radical (unpaired) electrons. The van der Waals surface area contributed by atoms with Gasteiger partial charge in [-0.3, -0.25) is 4.79 Å². The fraction of sp³-hybridized carbons (Fsp3) is 0.588. The molecule has 0 bridgehead atoms. The van der Waals surface area contributed by atoms with E-state index >= 15 is 0 Å². The third-order valence-corrected chi connectivity index (χ3v) is 5.11. The first-order valence-electron chi connectivity index (χ1n) is 7.78. The minimum atomic E-state index is -3.35. The van der Waals surface area contributed by atoms with Gasteiger partial charge in [-0.1, -0.05) is 30.3 Å². The van der Waals surface area contributed by atoms with E-state index in [0.29, 0.717) is 12.8 Å². The monoisotopic (exact) mass is 325 g/mol. The van der Waals surface area contributed by atoms with E-state index in [-0.39, 0.29) is 23.7 Å². The van der Waals surface area contributed by atoms with E-state index in [2.05, 4.69) is 0 Å². The summed E-state index contributed by atoms with van der Waals surface area (Å²) in [4.78, 5) is 13.9. The maximum Gasteiger partial charge on any atom is 0.238 e. The van der Waals surface area contributed by atoms with E-state index < -0.39 is 15.6 Å². The molecule has 0 unspecified atom stereocenters. The Morgan fingerprint density at radius 1 is 1.05 bits per heavy atom. The highest BCUT2D eigenvalue weighted by molar-refractivity contribution is 7.92. The van der Waals surface area contributed by atoms with Crippen molar-refractivity contribution in [2.75, 3.05) is 11.5 Å². The van der Waals surface area contributed by atoms with Crippen molar-refractivity contribution in [3.05, 3.63) is 35.9 Å². The SMILES string of the molecule is CC(C)N(C(=O)CS(=O)(=O)CCCc1ccccc1)C(C)C. The quantitative estimate of drug-likeness (QED) is 0.738. The van der Waals surface area contributed by atoms with Crippen molar-refractivity contribution >= 4 is 15.7 Å². The highest BCUT2D eigenvalue weighted by Gasteiger charge is 2.25. The maximum absolute atomic E-state index is 12.2. The van der Waals surface area contributed by atoms with Crippen LogP contribution in [0.5, 0.6) is 0 Å². The first kappa shape index (κ1) is 18.7. The molecule has 5 heteroatoms. The Hall–Kier alpha value is -1.36. The average molecular weight is 325 g/mol. The Morgan fingerprint density at radius 3 is 2.09 bits per heavy atom. The molecule has 0 aromatic heterocycles. The van der Waals surface area contributed by atoms with Crippen molar-refractivity contribution < 1.29 is 13.2 Å². The Labute approximate surface area is 134 Å². The molecule has 0 aliphatic heterocycles. The number of hydrogen-bond donors (Lipinski definition) is 0. The molecule has 0 N–H and O–H groups in total. The van der Waals surface area contributed by atoms with Gasteiger partial charge in [-0.15, -0.1) is 0 Å². The Morgan fingerprint density at radius 2 is 1.59 bits per heavy atom. The fourth-order valence-electron chi connectivity index (χ4n) is 2.65. The van der Waals surface area contributed by atoms with Crippen LogP contribution in [0.25, 0.3) is 0 Å². The van der Waals surface area contributed by atoms with Crippen LogP contribution in [0.2, 0.25) is 0 Å². The molecule has 1 aromatic rings. The van der Waals surface area contributed by atoms with Gasteiger partial charge in [0.05, 0.1) is 5.75 Å². The van der Waals surface area contributed by atoms with Crippen molar-refractivity contribution in [1.82, 2.24) is 4.90 Å². The molecule has 0 spiro atoms. The van der Waals surface area contributed by atoms with E-state index in [1.807, 2.05) is 58.0 Å². The summed E-state index contributed by atoms with van der Waals surface area (Å²) in [6, 6.07) is 9.80. The van der Waals surface area contributed by atoms with Gasteiger partial charge in [0.25, 0.3) is 0 Å². The van der Waals surface area contributed by atoms with Gasteiger partial charge in [0.1, 0.15) is 5.75 Å². The molecular weight excluding hydrogens is 298 g/mol. The number of amides is 1. The standard InChI is InChI=1S/C17H27NO3S/c1-14(2)18(15(3)4)17(19)13-22(20,21)12-8-11-16-9-6-5-7-10-16/h5-7,9-10,14-15H,8,11-13H2,1-4H3. The van der Waals surface area contributed by atoms with Crippen molar-refractivity contribution in [2.24, 2.45) is 0 Å². The van der Waals surface area contributed by atoms with E-state index in [1.54, 1.807) is 4.90 Å². The zero-order valence-corrected chi connectivity index (χ0v) is 14.8. The van der Waals surface area contributed by atoms with Crippen LogP contribution in [0.3, 0.4) is 0 Å². The van der Waals surface area contributed by atoms with Crippen LogP contribution in [-0.2, 0) is 21.1 Å². The molecule has 0 atom stereocenters. The molecular formula is C17H27NO3S. The lowest BCUT2D eigenvalue weighted by Crippen LogP contribution is -2.45. The zero-order valence-electron chi connectivity index (χ0n) is 14.0. The average Bonchev–Trinajstić information content (AvgIpc) is 2.37. The molecule has 22 heavy (non-hydrogen) atoms. The predicted molar refractivity (Wildman–Crippen MR) is 90.5 cm³/mol. The van der Waals surface area contributed by atoms with E-state index in [1.165, 1.54) is 0 Å². The smallest absolute Gasteiger partial charge is 0.238 e. The number of rotatable bonds is 8. The second-order valence-corrected chi connectivity index (χ2v) is 8.35. The number of aryl methyl sites for hydroxylation is 1. The molecule has 0 saturated carbocycles. The largest absolute Gasteiger partial charge is 0.337 e. The zero-order chi connectivity index (χ0) is 16.8. The van der Waals surface area contributed by atoms with Crippen LogP contribution in [0.15, 0.2) is 30.3 Å². The maximum atomic E-state index is 12.2. The molecule has 1 aromatic carbocycles. The normalized spacial score (nSPS) is 11.9. The van der Waals surface area contributed by atoms with E-state index in [4.69, 9.17) is 0 Å². The molecule has 1 amide bonds. The van der Waals surface area contributed by atoms with Gasteiger partial charge >= 0.3 is 0 Å². The Balaban J connectivity index is 2.54. The van der Waals surface area contributed by atoms with Crippen LogP contribution in [-0.4, -0.2) is 42.8 Å². The fourth-order valence-corrected chi connectivity index (χ4v) is 3.90. The third-order valence-electron chi connectivity index (χ3n) is 3.51. The van der Waals surface area contributed by atoms with Crippen molar-refractivity contribution in [2.45, 2.75) is 52.6 Å². The second kappa shape index (κ2) is 8.32. The number of nitrogens with zero attached hydrogens (tertiary/aromatic N) is 1. The van der Waals surface area contributed by atoms with Crippen LogP contribution < -0.4 is 0 Å². The van der Waals surface area contributed by atoms with Crippen LogP contribution in [0.1, 0.15) is 39.7 Å². The lowest BCUT2D eigenvalue weighted by molar-refractivity contribution is -0.131. The summed E-state index contributed by atoms with van der Waals surface area (Å²) in [6.45, 7) is 7.61. The Kier molecular flexibility index (Phi) is 7.07. The van der Waals surface area contributed by atoms with E-state index in [9.17, 15) is 13.2 Å². The third kappa shape index (κ3) is 6.18. The minimum Gasteiger partial charge on any atom is -0.337 e. The second-order valence-electron chi connectivity index (χ2n) is 6.17. The summed E-state index contributed by atoms with van der Waals surface area (Å²) < 4.78 is 24.3. The van der Waals surface area contributed by atoms with Crippen LogP contribution in [0, 0.1) is 0 Å². The molecule has 0 aliphatic carbocycles. The van der Waals surface area contributed by atoms with Gasteiger partial charge in [-0.25, -0.2) is 8.42 Å². The summed E-state index contributed by atoms with van der Waals surface area (Å²) in [5, 5.41) is 0. The summed E-state index contributed by atoms with van der Waals surface area (Å²) in [6.07, 6.45) is 1.26. The highest BCUT2D eigenvalue weighted by atomic mass is 32.2. The predicted octanol–water partition coefficient (Wildman–Crippen LogP) is 2.68. The van der Waals surface area contributed by atoms with Crippen molar-refractivity contribution in [1.29, 1.82) is 0 Å². The molecule has 1 rings (SSSR count). The lowest BCUT2D eigenvalue weighted by Gasteiger charge is -2.30. The van der Waals surface area contributed by atoms with Gasteiger partial charge in [-0.05, 0) is 46.1 Å². The van der Waals surface area contributed by atoms with Gasteiger partial charge in [0.2, 0.25) is 5.91 Å². The number of benzene rings is 1. The van der Waals surface area contributed by atoms with Gasteiger partial charge in [-0.2, -0.15) is 0 Å². The molecule has 0 heterocycles. The minimum absolute atomic E-state index is 0.00650. The first-order chi connectivity index (χ1) is 10.2. The summed E-state index contributed by atoms with van der Waals surface area (Å²) in [5.74, 6) is -0.639. The van der Waals surface area contributed by atoms with Gasteiger partial charge in [0, 0.05) is 12.1 Å². The van der Waals surface area contributed by atoms with Crippen LogP contribution >= 0.6 is 0 Å². The highest BCUT2D eigenvalue weighted by Crippen LogP contribution is 2.09. The molecule has 0 saturated heterocycles. The van der Waals surface area contributed by atoms with Crippen molar-refractivity contribution in [3.63, 3.8) is 0 Å². The molecule has 0 aliphatic rings.